The number of rotatable bonds is 4. The van der Waals surface area contributed by atoms with Crippen LogP contribution in [0.25, 0.3) is 17.0 Å². The Kier molecular flexibility index (Phi) is 4.60. The molecule has 1 heterocycles. The molecule has 1 amide bonds. The van der Waals surface area contributed by atoms with Gasteiger partial charge in [0.1, 0.15) is 16.5 Å². The van der Waals surface area contributed by atoms with Gasteiger partial charge in [-0.25, -0.2) is 21.9 Å². The van der Waals surface area contributed by atoms with E-state index in [-0.39, 0.29) is 0 Å². The summed E-state index contributed by atoms with van der Waals surface area (Å²) < 4.78 is 53.2. The maximum Gasteiger partial charge on any atom is 0.267 e. The SMILES string of the molecule is Cc1c[nH]c2c(C=CC(=O)NS(=O)(=O)c3ccccc3F)cc(F)cc12. The number of hydrogen-bond acceptors (Lipinski definition) is 3. The van der Waals surface area contributed by atoms with Crippen LogP contribution in [0.15, 0.2) is 53.6 Å². The van der Waals surface area contributed by atoms with Gasteiger partial charge >= 0.3 is 0 Å². The molecular weight excluding hydrogens is 362 g/mol. The lowest BCUT2D eigenvalue weighted by Gasteiger charge is -2.05. The van der Waals surface area contributed by atoms with Gasteiger partial charge in [0.25, 0.3) is 15.9 Å². The zero-order chi connectivity index (χ0) is 18.9. The standard InChI is InChI=1S/C18H14F2N2O3S/c1-11-10-21-18-12(8-13(19)9-14(11)18)6-7-17(23)22-26(24,25)16-5-3-2-4-15(16)20/h2-10,21H,1H3,(H,22,23). The minimum absolute atomic E-state index is 0.381. The minimum atomic E-state index is -4.35. The first-order valence-corrected chi connectivity index (χ1v) is 9.03. The van der Waals surface area contributed by atoms with E-state index < -0.39 is 32.5 Å². The molecule has 0 bridgehead atoms. The molecule has 8 heteroatoms. The molecule has 0 unspecified atom stereocenters. The fourth-order valence-corrected chi connectivity index (χ4v) is 3.56. The maximum atomic E-state index is 13.7. The second-order valence-electron chi connectivity index (χ2n) is 5.62. The zero-order valence-electron chi connectivity index (χ0n) is 13.6. The van der Waals surface area contributed by atoms with E-state index in [9.17, 15) is 22.0 Å². The molecule has 3 rings (SSSR count). The van der Waals surface area contributed by atoms with Gasteiger partial charge in [-0.15, -0.1) is 0 Å². The van der Waals surface area contributed by atoms with Gasteiger partial charge in [-0.1, -0.05) is 12.1 Å². The Hall–Kier alpha value is -3.00. The molecule has 0 spiro atoms. The summed E-state index contributed by atoms with van der Waals surface area (Å²) in [5.41, 5.74) is 1.83. The number of benzene rings is 2. The van der Waals surface area contributed by atoms with Crippen LogP contribution in [0.1, 0.15) is 11.1 Å². The number of hydrogen-bond donors (Lipinski definition) is 2. The summed E-state index contributed by atoms with van der Waals surface area (Å²) in [6, 6.07) is 7.28. The number of amides is 1. The lowest BCUT2D eigenvalue weighted by Crippen LogP contribution is -2.29. The van der Waals surface area contributed by atoms with E-state index >= 15 is 0 Å². The van der Waals surface area contributed by atoms with E-state index in [0.717, 1.165) is 23.8 Å². The van der Waals surface area contributed by atoms with Crippen LogP contribution in [0, 0.1) is 18.6 Å². The van der Waals surface area contributed by atoms with Crippen LogP contribution in [0.5, 0.6) is 0 Å². The van der Waals surface area contributed by atoms with Crippen molar-refractivity contribution in [3.05, 3.63) is 71.4 Å². The summed E-state index contributed by atoms with van der Waals surface area (Å²) in [5, 5.41) is 0.657. The number of nitrogens with one attached hydrogen (secondary N) is 2. The number of halogens is 2. The maximum absolute atomic E-state index is 13.7. The van der Waals surface area contributed by atoms with Gasteiger partial charge in [-0.3, -0.25) is 4.79 Å². The van der Waals surface area contributed by atoms with E-state index in [1.165, 1.54) is 30.3 Å². The monoisotopic (exact) mass is 376 g/mol. The number of aryl methyl sites for hydroxylation is 1. The first kappa shape index (κ1) is 17.8. The third-order valence-corrected chi connectivity index (χ3v) is 5.15. The fraction of sp³-hybridized carbons (Fsp3) is 0.0556. The van der Waals surface area contributed by atoms with Crippen molar-refractivity contribution in [2.75, 3.05) is 0 Å². The molecule has 0 fully saturated rings. The van der Waals surface area contributed by atoms with Crippen molar-refractivity contribution < 1.29 is 22.0 Å². The highest BCUT2D eigenvalue weighted by Gasteiger charge is 2.20. The van der Waals surface area contributed by atoms with Gasteiger partial charge < -0.3 is 4.98 Å². The van der Waals surface area contributed by atoms with Crippen LogP contribution in [0.4, 0.5) is 8.78 Å². The van der Waals surface area contributed by atoms with Crippen LogP contribution in [-0.2, 0) is 14.8 Å². The fourth-order valence-electron chi connectivity index (χ4n) is 2.54. The third-order valence-electron chi connectivity index (χ3n) is 3.77. The molecule has 2 aromatic carbocycles. The molecule has 134 valence electrons. The molecule has 0 aliphatic heterocycles. The lowest BCUT2D eigenvalue weighted by atomic mass is 10.1. The summed E-state index contributed by atoms with van der Waals surface area (Å²) in [7, 11) is -4.35. The van der Waals surface area contributed by atoms with Gasteiger partial charge in [-0.05, 0) is 42.8 Å². The van der Waals surface area contributed by atoms with E-state index in [2.05, 4.69) is 4.98 Å². The van der Waals surface area contributed by atoms with Crippen molar-refractivity contribution in [3.63, 3.8) is 0 Å². The van der Waals surface area contributed by atoms with Crippen LogP contribution in [-0.4, -0.2) is 19.3 Å². The molecule has 0 saturated carbocycles. The average molecular weight is 376 g/mol. The second-order valence-corrected chi connectivity index (χ2v) is 7.27. The highest BCUT2D eigenvalue weighted by Crippen LogP contribution is 2.24. The molecule has 26 heavy (non-hydrogen) atoms. The lowest BCUT2D eigenvalue weighted by molar-refractivity contribution is -0.114. The molecule has 3 aromatic rings. The van der Waals surface area contributed by atoms with Gasteiger partial charge in [0, 0.05) is 23.2 Å². The Morgan fingerprint density at radius 3 is 2.65 bits per heavy atom. The number of sulfonamides is 1. The Morgan fingerprint density at radius 1 is 1.19 bits per heavy atom. The molecular formula is C18H14F2N2O3S. The van der Waals surface area contributed by atoms with Gasteiger partial charge in [0.15, 0.2) is 0 Å². The Morgan fingerprint density at radius 2 is 1.92 bits per heavy atom. The Labute approximate surface area is 148 Å². The van der Waals surface area contributed by atoms with Crippen molar-refractivity contribution in [2.24, 2.45) is 0 Å². The molecule has 0 aliphatic rings. The van der Waals surface area contributed by atoms with E-state index in [1.807, 2.05) is 0 Å². The number of carbonyl (C=O) groups excluding carboxylic acids is 1. The quantitative estimate of drug-likeness (QED) is 0.686. The summed E-state index contributed by atoms with van der Waals surface area (Å²) in [5.74, 6) is -2.43. The van der Waals surface area contributed by atoms with Crippen LogP contribution < -0.4 is 4.72 Å². The number of H-pyrrole nitrogens is 1. The highest BCUT2D eigenvalue weighted by atomic mass is 32.2. The summed E-state index contributed by atoms with van der Waals surface area (Å²) >= 11 is 0. The highest BCUT2D eigenvalue weighted by molar-refractivity contribution is 7.90. The van der Waals surface area contributed by atoms with E-state index in [1.54, 1.807) is 17.8 Å². The van der Waals surface area contributed by atoms with E-state index in [4.69, 9.17) is 0 Å². The number of aromatic amines is 1. The molecule has 0 radical (unpaired) electrons. The smallest absolute Gasteiger partial charge is 0.267 e. The topological polar surface area (TPSA) is 79.0 Å². The van der Waals surface area contributed by atoms with Crippen molar-refractivity contribution in [3.8, 4) is 0 Å². The number of carbonyl (C=O) groups is 1. The Balaban J connectivity index is 1.86. The average Bonchev–Trinajstić information content (AvgIpc) is 2.93. The van der Waals surface area contributed by atoms with Crippen LogP contribution in [0.2, 0.25) is 0 Å². The number of aromatic nitrogens is 1. The van der Waals surface area contributed by atoms with Crippen molar-refractivity contribution in [1.82, 2.24) is 9.71 Å². The summed E-state index contributed by atoms with van der Waals surface area (Å²) in [6.07, 6.45) is 3.93. The largest absolute Gasteiger partial charge is 0.360 e. The van der Waals surface area contributed by atoms with Gasteiger partial charge in [-0.2, -0.15) is 0 Å². The zero-order valence-corrected chi connectivity index (χ0v) is 14.4. The second kappa shape index (κ2) is 6.72. The van der Waals surface area contributed by atoms with Gasteiger partial charge in [0.2, 0.25) is 0 Å². The minimum Gasteiger partial charge on any atom is -0.360 e. The first-order valence-electron chi connectivity index (χ1n) is 7.54. The Bertz CT molecular complexity index is 1130. The normalized spacial score (nSPS) is 12.0. The van der Waals surface area contributed by atoms with Crippen LogP contribution in [0.3, 0.4) is 0 Å². The summed E-state index contributed by atoms with van der Waals surface area (Å²) in [6.45, 7) is 1.81. The van der Waals surface area contributed by atoms with Gasteiger partial charge in [0.05, 0.1) is 5.52 Å². The predicted molar refractivity (Wildman–Crippen MR) is 93.8 cm³/mol. The molecule has 0 aliphatic carbocycles. The van der Waals surface area contributed by atoms with Crippen molar-refractivity contribution >= 4 is 32.9 Å². The van der Waals surface area contributed by atoms with Crippen LogP contribution >= 0.6 is 0 Å². The molecule has 0 atom stereocenters. The third kappa shape index (κ3) is 3.50. The van der Waals surface area contributed by atoms with E-state index in [0.29, 0.717) is 16.5 Å². The molecule has 0 saturated heterocycles. The van der Waals surface area contributed by atoms with Crippen molar-refractivity contribution in [1.29, 1.82) is 0 Å². The molecule has 1 aromatic heterocycles. The van der Waals surface area contributed by atoms with Crippen molar-refractivity contribution in [2.45, 2.75) is 11.8 Å². The summed E-state index contributed by atoms with van der Waals surface area (Å²) in [4.78, 5) is 14.3. The number of fused-ring (bicyclic) bond motifs is 1. The predicted octanol–water partition coefficient (Wildman–Crippen LogP) is 3.27. The first-order chi connectivity index (χ1) is 12.3. The molecule has 2 N–H and O–H groups in total. The molecule has 5 nitrogen and oxygen atoms in total.